The summed E-state index contributed by atoms with van der Waals surface area (Å²) in [6.45, 7) is 0. The summed E-state index contributed by atoms with van der Waals surface area (Å²) in [6, 6.07) is 1.02. The molecule has 0 fully saturated rings. The first kappa shape index (κ1) is 14.9. The summed E-state index contributed by atoms with van der Waals surface area (Å²) < 4.78 is 49.5. The zero-order chi connectivity index (χ0) is 15.6. The van der Waals surface area contributed by atoms with Crippen molar-refractivity contribution in [3.05, 3.63) is 48.1 Å². The molecule has 0 aliphatic rings. The van der Waals surface area contributed by atoms with Crippen LogP contribution in [0.2, 0.25) is 0 Å². The summed E-state index contributed by atoms with van der Waals surface area (Å²) in [5.74, 6) is -3.40. The molecule has 0 aliphatic carbocycles. The topological polar surface area (TPSA) is 115 Å². The van der Waals surface area contributed by atoms with Gasteiger partial charge in [-0.1, -0.05) is 0 Å². The molecule has 2 rings (SSSR count). The van der Waals surface area contributed by atoms with E-state index < -0.39 is 38.1 Å². The molecule has 0 aliphatic heterocycles. The van der Waals surface area contributed by atoms with E-state index in [1.807, 2.05) is 5.32 Å². The molecule has 0 radical (unpaired) electrons. The number of rotatable bonds is 3. The number of sulfonamides is 1. The van der Waals surface area contributed by atoms with Gasteiger partial charge < -0.3 is 5.32 Å². The van der Waals surface area contributed by atoms with Crippen molar-refractivity contribution in [3.63, 3.8) is 0 Å². The molecule has 10 heteroatoms. The van der Waals surface area contributed by atoms with Crippen LogP contribution in [0.15, 0.2) is 35.7 Å². The van der Waals surface area contributed by atoms with Gasteiger partial charge in [-0.2, -0.15) is 0 Å². The van der Waals surface area contributed by atoms with Crippen molar-refractivity contribution in [2.45, 2.75) is 4.90 Å². The van der Waals surface area contributed by atoms with Gasteiger partial charge in [0, 0.05) is 12.4 Å². The van der Waals surface area contributed by atoms with Crippen LogP contribution < -0.4 is 10.5 Å². The average Bonchev–Trinajstić information content (AvgIpc) is 2.42. The maximum atomic E-state index is 13.7. The van der Waals surface area contributed by atoms with Gasteiger partial charge in [0.2, 0.25) is 10.0 Å². The number of nitrogens with one attached hydrogen (secondary N) is 1. The summed E-state index contributed by atoms with van der Waals surface area (Å²) >= 11 is 0. The van der Waals surface area contributed by atoms with Crippen molar-refractivity contribution in [1.29, 1.82) is 0 Å². The summed E-state index contributed by atoms with van der Waals surface area (Å²) in [4.78, 5) is 18.2. The maximum Gasteiger partial charge on any atom is 0.258 e. The summed E-state index contributed by atoms with van der Waals surface area (Å²) in [5.41, 5.74) is -0.817. The zero-order valence-electron chi connectivity index (χ0n) is 10.2. The molecule has 2 aromatic rings. The fraction of sp³-hybridized carbons (Fsp3) is 0. The van der Waals surface area contributed by atoms with Crippen LogP contribution in [0.25, 0.3) is 0 Å². The SMILES string of the molecule is NS(=O)(=O)c1cc(F)c(NC(=O)c2cncnc2)c(F)c1. The molecule has 0 unspecified atom stereocenters. The highest BCUT2D eigenvalue weighted by Crippen LogP contribution is 2.23. The minimum absolute atomic E-state index is 0.0215. The van der Waals surface area contributed by atoms with Gasteiger partial charge >= 0.3 is 0 Å². The van der Waals surface area contributed by atoms with Crippen LogP contribution in [0.3, 0.4) is 0 Å². The van der Waals surface area contributed by atoms with Crippen molar-refractivity contribution >= 4 is 21.6 Å². The number of primary sulfonamides is 1. The molecule has 3 N–H and O–H groups in total. The van der Waals surface area contributed by atoms with Gasteiger partial charge in [0.25, 0.3) is 5.91 Å². The standard InChI is InChI=1S/C11H8F2N4O3S/c12-8-1-7(21(14,19)20)2-9(13)10(8)17-11(18)6-3-15-5-16-4-6/h1-5H,(H,17,18)(H2,14,19,20). The minimum Gasteiger partial charge on any atom is -0.317 e. The van der Waals surface area contributed by atoms with Gasteiger partial charge in [0.15, 0.2) is 11.6 Å². The molecule has 110 valence electrons. The Morgan fingerprint density at radius 1 is 1.14 bits per heavy atom. The number of nitrogens with two attached hydrogens (primary N) is 1. The van der Waals surface area contributed by atoms with Crippen LogP contribution in [0.4, 0.5) is 14.5 Å². The van der Waals surface area contributed by atoms with Gasteiger partial charge in [-0.15, -0.1) is 0 Å². The fourth-order valence-corrected chi connectivity index (χ4v) is 1.97. The van der Waals surface area contributed by atoms with Crippen molar-refractivity contribution in [2.75, 3.05) is 5.32 Å². The molecule has 1 aromatic heterocycles. The fourth-order valence-electron chi connectivity index (χ4n) is 1.44. The normalized spacial score (nSPS) is 11.2. The summed E-state index contributed by atoms with van der Waals surface area (Å²) in [7, 11) is -4.26. The molecule has 0 spiro atoms. The number of hydrogen-bond donors (Lipinski definition) is 2. The van der Waals surface area contributed by atoms with Crippen molar-refractivity contribution in [1.82, 2.24) is 9.97 Å². The van der Waals surface area contributed by atoms with E-state index in [9.17, 15) is 22.0 Å². The van der Waals surface area contributed by atoms with Crippen molar-refractivity contribution in [3.8, 4) is 0 Å². The molecule has 0 bridgehead atoms. The summed E-state index contributed by atoms with van der Waals surface area (Å²) in [5, 5.41) is 6.74. The van der Waals surface area contributed by atoms with Crippen molar-refractivity contribution < 1.29 is 22.0 Å². The number of carbonyl (C=O) groups is 1. The first-order chi connectivity index (χ1) is 9.79. The van der Waals surface area contributed by atoms with E-state index in [2.05, 4.69) is 9.97 Å². The Bertz CT molecular complexity index is 773. The molecule has 1 amide bonds. The first-order valence-corrected chi connectivity index (χ1v) is 6.92. The molecular weight excluding hydrogens is 306 g/mol. The lowest BCUT2D eigenvalue weighted by atomic mass is 10.2. The van der Waals surface area contributed by atoms with Gasteiger partial charge in [-0.05, 0) is 12.1 Å². The van der Waals surface area contributed by atoms with Crippen LogP contribution in [-0.4, -0.2) is 24.3 Å². The highest BCUT2D eigenvalue weighted by Gasteiger charge is 2.19. The molecular formula is C11H8F2N4O3S. The third kappa shape index (κ3) is 3.35. The van der Waals surface area contributed by atoms with E-state index >= 15 is 0 Å². The van der Waals surface area contributed by atoms with E-state index in [1.54, 1.807) is 0 Å². The zero-order valence-corrected chi connectivity index (χ0v) is 11.1. The highest BCUT2D eigenvalue weighted by molar-refractivity contribution is 7.89. The Kier molecular flexibility index (Phi) is 3.91. The quantitative estimate of drug-likeness (QED) is 0.863. The molecule has 1 heterocycles. The van der Waals surface area contributed by atoms with E-state index in [0.717, 1.165) is 12.4 Å². The van der Waals surface area contributed by atoms with E-state index in [1.165, 1.54) is 6.33 Å². The van der Waals surface area contributed by atoms with E-state index in [0.29, 0.717) is 12.1 Å². The molecule has 21 heavy (non-hydrogen) atoms. The van der Waals surface area contributed by atoms with Gasteiger partial charge in [0.1, 0.15) is 12.0 Å². The third-order valence-electron chi connectivity index (χ3n) is 2.41. The van der Waals surface area contributed by atoms with Gasteiger partial charge in [-0.3, -0.25) is 4.79 Å². The first-order valence-electron chi connectivity index (χ1n) is 5.37. The number of benzene rings is 1. The predicted molar refractivity (Wildman–Crippen MR) is 67.7 cm³/mol. The highest BCUT2D eigenvalue weighted by atomic mass is 32.2. The molecule has 0 atom stereocenters. The monoisotopic (exact) mass is 314 g/mol. The van der Waals surface area contributed by atoms with E-state index in [-0.39, 0.29) is 5.56 Å². The van der Waals surface area contributed by atoms with Crippen LogP contribution in [-0.2, 0) is 10.0 Å². The lowest BCUT2D eigenvalue weighted by Gasteiger charge is -2.08. The average molecular weight is 314 g/mol. The Hall–Kier alpha value is -2.46. The lowest BCUT2D eigenvalue weighted by molar-refractivity contribution is 0.102. The number of carbonyl (C=O) groups excluding carboxylic acids is 1. The second-order valence-electron chi connectivity index (χ2n) is 3.89. The minimum atomic E-state index is -4.26. The maximum absolute atomic E-state index is 13.7. The predicted octanol–water partition coefficient (Wildman–Crippen LogP) is 0.655. The second-order valence-corrected chi connectivity index (χ2v) is 5.45. The van der Waals surface area contributed by atoms with Crippen LogP contribution in [0.5, 0.6) is 0 Å². The van der Waals surface area contributed by atoms with Crippen LogP contribution in [0.1, 0.15) is 10.4 Å². The Morgan fingerprint density at radius 2 is 1.67 bits per heavy atom. The lowest BCUT2D eigenvalue weighted by Crippen LogP contribution is -2.17. The van der Waals surface area contributed by atoms with Crippen molar-refractivity contribution in [2.24, 2.45) is 5.14 Å². The number of nitrogens with zero attached hydrogens (tertiary/aromatic N) is 2. The summed E-state index contributed by atoms with van der Waals surface area (Å²) in [6.07, 6.45) is 3.48. The van der Waals surface area contributed by atoms with Gasteiger partial charge in [-0.25, -0.2) is 32.3 Å². The smallest absolute Gasteiger partial charge is 0.258 e. The molecule has 0 saturated heterocycles. The van der Waals surface area contributed by atoms with E-state index in [4.69, 9.17) is 5.14 Å². The Labute approximate surface area is 117 Å². The molecule has 1 aromatic carbocycles. The second kappa shape index (κ2) is 5.50. The number of amides is 1. The molecule has 7 nitrogen and oxygen atoms in total. The van der Waals surface area contributed by atoms with Gasteiger partial charge in [0.05, 0.1) is 10.5 Å². The Balaban J connectivity index is 2.36. The van der Waals surface area contributed by atoms with Crippen LogP contribution >= 0.6 is 0 Å². The number of halogens is 2. The van der Waals surface area contributed by atoms with Crippen LogP contribution in [0, 0.1) is 11.6 Å². The molecule has 0 saturated carbocycles. The number of aromatic nitrogens is 2. The Morgan fingerprint density at radius 3 is 2.14 bits per heavy atom. The third-order valence-corrected chi connectivity index (χ3v) is 3.30. The number of anilines is 1. The number of hydrogen-bond acceptors (Lipinski definition) is 5. The largest absolute Gasteiger partial charge is 0.317 e.